The molecule has 1 aromatic heterocycles. The van der Waals surface area contributed by atoms with E-state index in [1.165, 1.54) is 11.3 Å². The lowest BCUT2D eigenvalue weighted by Gasteiger charge is -2.12. The molecule has 6 heteroatoms. The van der Waals surface area contributed by atoms with Gasteiger partial charge >= 0.3 is 5.97 Å². The first-order chi connectivity index (χ1) is 11.1. The Balaban J connectivity index is 1.71. The molecule has 0 bridgehead atoms. The summed E-state index contributed by atoms with van der Waals surface area (Å²) in [5, 5.41) is 11.7. The Bertz CT molecular complexity index is 654. The topological polar surface area (TPSA) is 75.6 Å². The number of benzene rings is 1. The standard InChI is InChI=1S/C17H19NO4S/c1-12(9-10-22-13-5-3-2-4-6-13)16(19)18-11-14-7-8-15(23-14)17(20)21/h2-8,12H,9-11H2,1H3,(H,18,19)(H,20,21). The van der Waals surface area contributed by atoms with Gasteiger partial charge < -0.3 is 15.2 Å². The molecule has 1 unspecified atom stereocenters. The molecule has 23 heavy (non-hydrogen) atoms. The molecule has 0 spiro atoms. The second-order valence-electron chi connectivity index (χ2n) is 5.14. The van der Waals surface area contributed by atoms with Crippen molar-refractivity contribution in [2.75, 3.05) is 6.61 Å². The van der Waals surface area contributed by atoms with Crippen LogP contribution in [0.25, 0.3) is 0 Å². The molecule has 2 N–H and O–H groups in total. The number of aromatic carboxylic acids is 1. The molecule has 0 fully saturated rings. The van der Waals surface area contributed by atoms with Gasteiger partial charge in [0.25, 0.3) is 0 Å². The Morgan fingerprint density at radius 1 is 1.22 bits per heavy atom. The average molecular weight is 333 g/mol. The van der Waals surface area contributed by atoms with Gasteiger partial charge in [-0.1, -0.05) is 25.1 Å². The molecular formula is C17H19NO4S. The second-order valence-corrected chi connectivity index (χ2v) is 6.31. The second kappa shape index (κ2) is 8.33. The summed E-state index contributed by atoms with van der Waals surface area (Å²) in [6, 6.07) is 12.7. The number of hydrogen-bond acceptors (Lipinski definition) is 4. The highest BCUT2D eigenvalue weighted by atomic mass is 32.1. The van der Waals surface area contributed by atoms with E-state index in [0.29, 0.717) is 19.6 Å². The maximum atomic E-state index is 12.0. The number of carbonyl (C=O) groups is 2. The average Bonchev–Trinajstić information content (AvgIpc) is 3.02. The van der Waals surface area contributed by atoms with E-state index in [-0.39, 0.29) is 16.7 Å². The highest BCUT2D eigenvalue weighted by Crippen LogP contribution is 2.16. The van der Waals surface area contributed by atoms with Gasteiger partial charge in [-0.25, -0.2) is 4.79 Å². The molecule has 5 nitrogen and oxygen atoms in total. The Morgan fingerprint density at radius 3 is 2.61 bits per heavy atom. The van der Waals surface area contributed by atoms with Crippen LogP contribution >= 0.6 is 11.3 Å². The summed E-state index contributed by atoms with van der Waals surface area (Å²) in [6.45, 7) is 2.67. The summed E-state index contributed by atoms with van der Waals surface area (Å²) >= 11 is 1.17. The van der Waals surface area contributed by atoms with Crippen molar-refractivity contribution >= 4 is 23.2 Å². The molecular weight excluding hydrogens is 314 g/mol. The van der Waals surface area contributed by atoms with Gasteiger partial charge in [0, 0.05) is 10.8 Å². The van der Waals surface area contributed by atoms with Crippen molar-refractivity contribution in [3.8, 4) is 5.75 Å². The van der Waals surface area contributed by atoms with Gasteiger partial charge in [-0.3, -0.25) is 4.79 Å². The van der Waals surface area contributed by atoms with E-state index < -0.39 is 5.97 Å². The van der Waals surface area contributed by atoms with Crippen LogP contribution in [0.15, 0.2) is 42.5 Å². The number of amides is 1. The molecule has 0 aliphatic rings. The van der Waals surface area contributed by atoms with Crippen molar-refractivity contribution in [3.05, 3.63) is 52.2 Å². The number of ether oxygens (including phenoxy) is 1. The third-order valence-corrected chi connectivity index (χ3v) is 4.39. The van der Waals surface area contributed by atoms with Crippen LogP contribution in [0.1, 0.15) is 27.9 Å². The molecule has 122 valence electrons. The minimum Gasteiger partial charge on any atom is -0.494 e. The van der Waals surface area contributed by atoms with Crippen LogP contribution in [0.5, 0.6) is 5.75 Å². The summed E-state index contributed by atoms with van der Waals surface area (Å²) in [7, 11) is 0. The number of carbonyl (C=O) groups excluding carboxylic acids is 1. The first-order valence-corrected chi connectivity index (χ1v) is 8.15. The fourth-order valence-electron chi connectivity index (χ4n) is 1.94. The normalized spacial score (nSPS) is 11.7. The quantitative estimate of drug-likeness (QED) is 0.778. The van der Waals surface area contributed by atoms with E-state index in [1.54, 1.807) is 12.1 Å². The van der Waals surface area contributed by atoms with Crippen LogP contribution in [-0.4, -0.2) is 23.6 Å². The molecule has 2 aromatic rings. The van der Waals surface area contributed by atoms with Gasteiger partial charge in [0.05, 0.1) is 13.2 Å². The molecule has 1 amide bonds. The third-order valence-electron chi connectivity index (χ3n) is 3.32. The fourth-order valence-corrected chi connectivity index (χ4v) is 2.72. The van der Waals surface area contributed by atoms with Crippen molar-refractivity contribution < 1.29 is 19.4 Å². The van der Waals surface area contributed by atoms with Gasteiger partial charge in [0.2, 0.25) is 5.91 Å². The SMILES string of the molecule is CC(CCOc1ccccc1)C(=O)NCc1ccc(C(=O)O)s1. The Labute approximate surface area is 138 Å². The van der Waals surface area contributed by atoms with Crippen LogP contribution in [0.2, 0.25) is 0 Å². The Morgan fingerprint density at radius 2 is 1.96 bits per heavy atom. The Kier molecular flexibility index (Phi) is 6.17. The van der Waals surface area contributed by atoms with E-state index in [4.69, 9.17) is 9.84 Å². The maximum absolute atomic E-state index is 12.0. The number of nitrogens with one attached hydrogen (secondary N) is 1. The van der Waals surface area contributed by atoms with E-state index in [0.717, 1.165) is 10.6 Å². The monoisotopic (exact) mass is 333 g/mol. The molecule has 2 rings (SSSR count). The predicted molar refractivity (Wildman–Crippen MR) is 88.8 cm³/mol. The number of hydrogen-bond donors (Lipinski definition) is 2. The van der Waals surface area contributed by atoms with Gasteiger partial charge in [-0.15, -0.1) is 11.3 Å². The number of para-hydroxylation sites is 1. The van der Waals surface area contributed by atoms with E-state index in [1.807, 2.05) is 37.3 Å². The van der Waals surface area contributed by atoms with Crippen LogP contribution in [0.3, 0.4) is 0 Å². The van der Waals surface area contributed by atoms with Crippen molar-refractivity contribution in [3.63, 3.8) is 0 Å². The van der Waals surface area contributed by atoms with Crippen molar-refractivity contribution in [1.29, 1.82) is 0 Å². The lowest BCUT2D eigenvalue weighted by molar-refractivity contribution is -0.125. The minimum atomic E-state index is -0.945. The summed E-state index contributed by atoms with van der Waals surface area (Å²) in [4.78, 5) is 23.9. The van der Waals surface area contributed by atoms with E-state index >= 15 is 0 Å². The largest absolute Gasteiger partial charge is 0.494 e. The number of carboxylic acids is 1. The zero-order valence-electron chi connectivity index (χ0n) is 12.8. The van der Waals surface area contributed by atoms with Crippen LogP contribution < -0.4 is 10.1 Å². The van der Waals surface area contributed by atoms with Crippen molar-refractivity contribution in [2.45, 2.75) is 19.9 Å². The molecule has 0 radical (unpaired) electrons. The van der Waals surface area contributed by atoms with Crippen LogP contribution in [0.4, 0.5) is 0 Å². The predicted octanol–water partition coefficient (Wildman–Crippen LogP) is 3.17. The first-order valence-electron chi connectivity index (χ1n) is 7.34. The van der Waals surface area contributed by atoms with Gasteiger partial charge in [-0.2, -0.15) is 0 Å². The van der Waals surface area contributed by atoms with Gasteiger partial charge in [0.15, 0.2) is 0 Å². The first kappa shape index (κ1) is 17.0. The molecule has 0 aliphatic carbocycles. The molecule has 0 aliphatic heterocycles. The molecule has 0 saturated carbocycles. The summed E-state index contributed by atoms with van der Waals surface area (Å²) < 4.78 is 5.58. The summed E-state index contributed by atoms with van der Waals surface area (Å²) in [6.07, 6.45) is 0.617. The third kappa shape index (κ3) is 5.41. The number of rotatable bonds is 8. The fraction of sp³-hybridized carbons (Fsp3) is 0.294. The summed E-state index contributed by atoms with van der Waals surface area (Å²) in [5.41, 5.74) is 0. The number of carboxylic acid groups (broad SMARTS) is 1. The molecule has 1 heterocycles. The van der Waals surface area contributed by atoms with Crippen LogP contribution in [-0.2, 0) is 11.3 Å². The van der Waals surface area contributed by atoms with Crippen molar-refractivity contribution in [1.82, 2.24) is 5.32 Å². The van der Waals surface area contributed by atoms with Crippen LogP contribution in [0, 0.1) is 5.92 Å². The molecule has 1 aromatic carbocycles. The zero-order chi connectivity index (χ0) is 16.7. The smallest absolute Gasteiger partial charge is 0.345 e. The van der Waals surface area contributed by atoms with Gasteiger partial charge in [0.1, 0.15) is 10.6 Å². The lowest BCUT2D eigenvalue weighted by atomic mass is 10.1. The minimum absolute atomic E-state index is 0.0630. The van der Waals surface area contributed by atoms with E-state index in [2.05, 4.69) is 5.32 Å². The Hall–Kier alpha value is -2.34. The van der Waals surface area contributed by atoms with E-state index in [9.17, 15) is 9.59 Å². The lowest BCUT2D eigenvalue weighted by Crippen LogP contribution is -2.29. The maximum Gasteiger partial charge on any atom is 0.345 e. The number of thiophene rings is 1. The highest BCUT2D eigenvalue weighted by Gasteiger charge is 2.13. The molecule has 1 atom stereocenters. The van der Waals surface area contributed by atoms with Gasteiger partial charge in [-0.05, 0) is 30.7 Å². The highest BCUT2D eigenvalue weighted by molar-refractivity contribution is 7.13. The zero-order valence-corrected chi connectivity index (χ0v) is 13.6. The molecule has 0 saturated heterocycles. The summed E-state index contributed by atoms with van der Waals surface area (Å²) in [5.74, 6) is -0.386. The van der Waals surface area contributed by atoms with Crippen molar-refractivity contribution in [2.24, 2.45) is 5.92 Å².